The van der Waals surface area contributed by atoms with Gasteiger partial charge in [0.05, 0.1) is 41.7 Å². The van der Waals surface area contributed by atoms with Crippen LogP contribution in [0.5, 0.6) is 11.5 Å². The van der Waals surface area contributed by atoms with Gasteiger partial charge in [-0.25, -0.2) is 4.90 Å². The molecule has 43 heavy (non-hydrogen) atoms. The summed E-state index contributed by atoms with van der Waals surface area (Å²) in [5.74, 6) is -4.21. The van der Waals surface area contributed by atoms with Gasteiger partial charge in [0.1, 0.15) is 11.5 Å². The van der Waals surface area contributed by atoms with E-state index in [1.807, 2.05) is 24.3 Å². The lowest BCUT2D eigenvalue weighted by Crippen LogP contribution is -2.49. The summed E-state index contributed by atoms with van der Waals surface area (Å²) >= 11 is 2.18. The fraction of sp³-hybridized carbons (Fsp3) is 0.294. The minimum absolute atomic E-state index is 0.0549. The fourth-order valence-corrected chi connectivity index (χ4v) is 8.35. The number of aromatic hydroxyl groups is 1. The highest BCUT2D eigenvalue weighted by atomic mass is 127. The topological polar surface area (TPSA) is 104 Å². The standard InChI is InChI=1S/C34H29IN2O6/c1-34-24(31(40)37(33(34)42)19-7-4-3-5-8-19)17-23-21(29(34)28-25(38)9-6-10-26(28)43-2)15-16-22-27(23)32(41)36(30(22)39)20-13-11-18(35)12-14-20/h3-15,22-24,27,29,38H,16-17H2,1-2H3/t22-,23+,24-,27-,29+,34+/m0/s1. The zero-order valence-electron chi connectivity index (χ0n) is 23.6. The molecule has 0 spiro atoms. The Balaban J connectivity index is 1.40. The Morgan fingerprint density at radius 1 is 0.837 bits per heavy atom. The lowest BCUT2D eigenvalue weighted by molar-refractivity contribution is -0.131. The summed E-state index contributed by atoms with van der Waals surface area (Å²) < 4.78 is 6.69. The number of allylic oxidation sites excluding steroid dienone is 2. The number of benzene rings is 3. The van der Waals surface area contributed by atoms with Gasteiger partial charge in [-0.1, -0.05) is 35.9 Å². The third kappa shape index (κ3) is 3.86. The Morgan fingerprint density at radius 3 is 2.23 bits per heavy atom. The van der Waals surface area contributed by atoms with Crippen molar-refractivity contribution >= 4 is 57.6 Å². The molecule has 4 amide bonds. The second-order valence-corrected chi connectivity index (χ2v) is 13.1. The van der Waals surface area contributed by atoms with Crippen LogP contribution in [-0.2, 0) is 19.2 Å². The van der Waals surface area contributed by atoms with Crippen LogP contribution in [0.3, 0.4) is 0 Å². The summed E-state index contributed by atoms with van der Waals surface area (Å²) in [4.78, 5) is 59.1. The molecule has 6 atom stereocenters. The Bertz CT molecular complexity index is 1720. The molecule has 7 rings (SSSR count). The number of imide groups is 2. The largest absolute Gasteiger partial charge is 0.508 e. The normalized spacial score (nSPS) is 29.7. The van der Waals surface area contributed by atoms with E-state index in [0.29, 0.717) is 29.1 Å². The number of para-hydroxylation sites is 1. The van der Waals surface area contributed by atoms with Crippen LogP contribution in [0.4, 0.5) is 11.4 Å². The second-order valence-electron chi connectivity index (χ2n) is 11.9. The highest BCUT2D eigenvalue weighted by molar-refractivity contribution is 14.1. The van der Waals surface area contributed by atoms with Gasteiger partial charge in [-0.15, -0.1) is 0 Å². The summed E-state index contributed by atoms with van der Waals surface area (Å²) in [6.45, 7) is 1.79. The molecule has 8 nitrogen and oxygen atoms in total. The van der Waals surface area contributed by atoms with E-state index in [4.69, 9.17) is 4.74 Å². The summed E-state index contributed by atoms with van der Waals surface area (Å²) in [5.41, 5.74) is 0.933. The highest BCUT2D eigenvalue weighted by Crippen LogP contribution is 2.65. The van der Waals surface area contributed by atoms with Crippen molar-refractivity contribution in [3.63, 3.8) is 0 Å². The van der Waals surface area contributed by atoms with Crippen LogP contribution >= 0.6 is 22.6 Å². The average Bonchev–Trinajstić information content (AvgIpc) is 3.38. The molecule has 2 aliphatic heterocycles. The van der Waals surface area contributed by atoms with Crippen LogP contribution < -0.4 is 14.5 Å². The van der Waals surface area contributed by atoms with E-state index in [2.05, 4.69) is 22.6 Å². The van der Waals surface area contributed by atoms with Crippen molar-refractivity contribution in [1.82, 2.24) is 0 Å². The molecule has 0 radical (unpaired) electrons. The number of hydrogen-bond donors (Lipinski definition) is 1. The lowest BCUT2D eigenvalue weighted by atomic mass is 9.51. The first-order valence-electron chi connectivity index (χ1n) is 14.3. The Hall–Kier alpha value is -3.99. The minimum Gasteiger partial charge on any atom is -0.508 e. The van der Waals surface area contributed by atoms with Crippen LogP contribution in [0.25, 0.3) is 0 Å². The van der Waals surface area contributed by atoms with Gasteiger partial charge in [0.25, 0.3) is 0 Å². The molecule has 0 bridgehead atoms. The number of anilines is 2. The number of fused-ring (bicyclic) bond motifs is 4. The van der Waals surface area contributed by atoms with Gasteiger partial charge in [0.2, 0.25) is 23.6 Å². The number of amides is 4. The van der Waals surface area contributed by atoms with E-state index < -0.39 is 35.0 Å². The Kier molecular flexibility index (Phi) is 6.50. The van der Waals surface area contributed by atoms with E-state index in [1.54, 1.807) is 61.5 Å². The van der Waals surface area contributed by atoms with Gasteiger partial charge in [0.15, 0.2) is 0 Å². The summed E-state index contributed by atoms with van der Waals surface area (Å²) in [7, 11) is 1.50. The van der Waals surface area contributed by atoms with Gasteiger partial charge in [-0.05, 0) is 96.8 Å². The number of nitrogens with zero attached hydrogens (tertiary/aromatic N) is 2. The van der Waals surface area contributed by atoms with E-state index in [9.17, 15) is 24.3 Å². The number of ether oxygens (including phenoxy) is 1. The molecule has 2 saturated heterocycles. The molecule has 9 heteroatoms. The predicted octanol–water partition coefficient (Wildman–Crippen LogP) is 5.44. The van der Waals surface area contributed by atoms with Crippen LogP contribution in [0.1, 0.15) is 31.2 Å². The monoisotopic (exact) mass is 688 g/mol. The number of carbonyl (C=O) groups is 4. The molecule has 218 valence electrons. The van der Waals surface area contributed by atoms with Crippen molar-refractivity contribution in [2.75, 3.05) is 16.9 Å². The lowest BCUT2D eigenvalue weighted by Gasteiger charge is -2.49. The number of phenolic OH excluding ortho intramolecular Hbond substituents is 1. The summed E-state index contributed by atoms with van der Waals surface area (Å²) in [6.07, 6.45) is 2.53. The van der Waals surface area contributed by atoms with Crippen molar-refractivity contribution in [1.29, 1.82) is 0 Å². The van der Waals surface area contributed by atoms with Crippen molar-refractivity contribution in [3.8, 4) is 11.5 Å². The zero-order chi connectivity index (χ0) is 30.2. The molecular weight excluding hydrogens is 659 g/mol. The summed E-state index contributed by atoms with van der Waals surface area (Å²) in [5, 5.41) is 11.3. The highest BCUT2D eigenvalue weighted by Gasteiger charge is 2.68. The third-order valence-electron chi connectivity index (χ3n) is 9.93. The molecule has 1 saturated carbocycles. The fourth-order valence-electron chi connectivity index (χ4n) is 7.99. The van der Waals surface area contributed by atoms with Crippen LogP contribution in [0, 0.1) is 32.7 Å². The first-order chi connectivity index (χ1) is 20.7. The maximum Gasteiger partial charge on any atom is 0.241 e. The van der Waals surface area contributed by atoms with Crippen molar-refractivity contribution in [2.24, 2.45) is 29.1 Å². The van der Waals surface area contributed by atoms with E-state index >= 15 is 0 Å². The van der Waals surface area contributed by atoms with E-state index in [1.165, 1.54) is 16.9 Å². The smallest absolute Gasteiger partial charge is 0.241 e. The number of methoxy groups -OCH3 is 1. The van der Waals surface area contributed by atoms with Crippen molar-refractivity contribution in [3.05, 3.63) is 93.6 Å². The second kappa shape index (κ2) is 10.0. The first kappa shape index (κ1) is 27.8. The molecule has 3 aromatic rings. The average molecular weight is 689 g/mol. The van der Waals surface area contributed by atoms with Crippen LogP contribution in [-0.4, -0.2) is 35.8 Å². The molecule has 2 aliphatic carbocycles. The number of halogens is 1. The Morgan fingerprint density at radius 2 is 1.53 bits per heavy atom. The number of hydrogen-bond acceptors (Lipinski definition) is 6. The van der Waals surface area contributed by atoms with Gasteiger partial charge in [-0.3, -0.25) is 24.1 Å². The summed E-state index contributed by atoms with van der Waals surface area (Å²) in [6, 6.07) is 21.0. The molecule has 2 heterocycles. The molecular formula is C34H29IN2O6. The van der Waals surface area contributed by atoms with Gasteiger partial charge >= 0.3 is 0 Å². The quantitative estimate of drug-likeness (QED) is 0.223. The molecule has 0 unspecified atom stereocenters. The predicted molar refractivity (Wildman–Crippen MR) is 167 cm³/mol. The Labute approximate surface area is 262 Å². The van der Waals surface area contributed by atoms with Gasteiger partial charge in [-0.2, -0.15) is 0 Å². The minimum atomic E-state index is -1.27. The van der Waals surface area contributed by atoms with Crippen molar-refractivity contribution in [2.45, 2.75) is 25.7 Å². The van der Waals surface area contributed by atoms with E-state index in [-0.39, 0.29) is 35.8 Å². The van der Waals surface area contributed by atoms with Gasteiger partial charge in [0, 0.05) is 15.1 Å². The molecule has 1 N–H and O–H groups in total. The zero-order valence-corrected chi connectivity index (χ0v) is 25.7. The number of rotatable bonds is 4. The maximum absolute atomic E-state index is 14.5. The molecule has 3 fully saturated rings. The third-order valence-corrected chi connectivity index (χ3v) is 10.6. The SMILES string of the molecule is COc1cccc(O)c1[C@H]1C2=CC[C@@H]3C(=O)N(c4ccc(I)cc4)C(=O)[C@@H]3[C@@H]2C[C@H]2C(=O)N(c3ccccc3)C(=O)[C@@]12C. The molecule has 0 aromatic heterocycles. The van der Waals surface area contributed by atoms with Gasteiger partial charge < -0.3 is 9.84 Å². The van der Waals surface area contributed by atoms with Crippen LogP contribution in [0.2, 0.25) is 0 Å². The number of carbonyl (C=O) groups excluding carboxylic acids is 4. The first-order valence-corrected chi connectivity index (χ1v) is 15.4. The molecule has 4 aliphatic rings. The van der Waals surface area contributed by atoms with Crippen LogP contribution in [0.15, 0.2) is 84.4 Å². The van der Waals surface area contributed by atoms with Crippen molar-refractivity contribution < 1.29 is 29.0 Å². The number of phenols is 1. The maximum atomic E-state index is 14.5. The van der Waals surface area contributed by atoms with E-state index in [0.717, 1.165) is 9.14 Å². The molecule has 3 aromatic carbocycles.